The third-order valence-corrected chi connectivity index (χ3v) is 5.87. The number of rotatable bonds is 5. The molecule has 137 valence electrons. The molecule has 0 aliphatic heterocycles. The van der Waals surface area contributed by atoms with Gasteiger partial charge in [-0.15, -0.1) is 0 Å². The Morgan fingerprint density at radius 1 is 1.12 bits per heavy atom. The Kier molecular flexibility index (Phi) is 6.21. The highest BCUT2D eigenvalue weighted by atomic mass is 16.5. The summed E-state index contributed by atoms with van der Waals surface area (Å²) in [6, 6.07) is 10.6. The van der Waals surface area contributed by atoms with Gasteiger partial charge < -0.3 is 4.74 Å². The fourth-order valence-electron chi connectivity index (χ4n) is 4.22. The second-order valence-corrected chi connectivity index (χ2v) is 8.14. The number of benzene rings is 1. The third kappa shape index (κ3) is 4.58. The summed E-state index contributed by atoms with van der Waals surface area (Å²) in [6.07, 6.45) is 14.5. The highest BCUT2D eigenvalue weighted by Crippen LogP contribution is 2.43. The van der Waals surface area contributed by atoms with Crippen LogP contribution in [0.2, 0.25) is 0 Å². The lowest BCUT2D eigenvalue weighted by Gasteiger charge is -2.43. The van der Waals surface area contributed by atoms with Crippen molar-refractivity contribution in [1.29, 1.82) is 0 Å². The van der Waals surface area contributed by atoms with E-state index in [-0.39, 0.29) is 17.5 Å². The van der Waals surface area contributed by atoms with Crippen molar-refractivity contribution in [2.45, 2.75) is 51.6 Å². The summed E-state index contributed by atoms with van der Waals surface area (Å²) in [4.78, 5) is 12.4. The van der Waals surface area contributed by atoms with E-state index in [2.05, 4.69) is 51.1 Å². The monoisotopic (exact) mass is 349 g/mol. The van der Waals surface area contributed by atoms with Crippen molar-refractivity contribution in [2.24, 2.45) is 11.8 Å². The van der Waals surface area contributed by atoms with E-state index in [1.807, 2.05) is 31.8 Å². The number of allylic oxidation sites excluding steroid dienone is 1. The van der Waals surface area contributed by atoms with Gasteiger partial charge in [-0.05, 0) is 55.4 Å². The summed E-state index contributed by atoms with van der Waals surface area (Å²) in [5.41, 5.74) is 1.29. The molecular weight excluding hydrogens is 320 g/mol. The van der Waals surface area contributed by atoms with Crippen LogP contribution in [0.15, 0.2) is 42.5 Å². The summed E-state index contributed by atoms with van der Waals surface area (Å²) < 4.78 is 5.95. The molecule has 2 fully saturated rings. The maximum atomic E-state index is 12.4. The number of esters is 1. The van der Waals surface area contributed by atoms with Gasteiger partial charge in [0.15, 0.2) is 0 Å². The predicted molar refractivity (Wildman–Crippen MR) is 105 cm³/mol. The molecule has 0 aromatic heterocycles. The van der Waals surface area contributed by atoms with Gasteiger partial charge in [0.2, 0.25) is 0 Å². The second-order valence-electron chi connectivity index (χ2n) is 8.14. The molecule has 5 radical (unpaired) electrons. The second kappa shape index (κ2) is 8.41. The summed E-state index contributed by atoms with van der Waals surface area (Å²) in [5.74, 6) is 1.71. The maximum Gasteiger partial charge on any atom is 0.330 e. The van der Waals surface area contributed by atoms with Crippen LogP contribution >= 0.6 is 0 Å². The molecule has 0 bridgehead atoms. The molecule has 2 aliphatic carbocycles. The smallest absolute Gasteiger partial charge is 0.330 e. The first kappa shape index (κ1) is 19.2. The zero-order chi connectivity index (χ0) is 18.6. The van der Waals surface area contributed by atoms with E-state index < -0.39 is 0 Å². The van der Waals surface area contributed by atoms with Gasteiger partial charge in [-0.1, -0.05) is 63.6 Å². The summed E-state index contributed by atoms with van der Waals surface area (Å²) >= 11 is 0. The van der Waals surface area contributed by atoms with Crippen molar-refractivity contribution < 1.29 is 9.53 Å². The SMILES string of the molecule is C[C@@H]1CC[C@@H](C(C)(C)c2ccccc2)[C@H](OC(=O)/C=C/[C]2[CH][CH][CH][CH]2)C1. The molecule has 2 nitrogen and oxygen atoms in total. The molecule has 2 saturated carbocycles. The normalized spacial score (nSPS) is 27.7. The average molecular weight is 349 g/mol. The van der Waals surface area contributed by atoms with Crippen LogP contribution in [-0.4, -0.2) is 12.1 Å². The molecule has 3 atom stereocenters. The summed E-state index contributed by atoms with van der Waals surface area (Å²) in [6.45, 7) is 6.82. The first-order valence-corrected chi connectivity index (χ1v) is 9.63. The molecule has 2 aliphatic rings. The summed E-state index contributed by atoms with van der Waals surface area (Å²) in [5, 5.41) is 0. The minimum Gasteiger partial charge on any atom is -0.459 e. The maximum absolute atomic E-state index is 12.4. The molecular formula is C24H29O2. The van der Waals surface area contributed by atoms with Crippen molar-refractivity contribution in [3.63, 3.8) is 0 Å². The zero-order valence-electron chi connectivity index (χ0n) is 16.0. The lowest BCUT2D eigenvalue weighted by molar-refractivity contribution is -0.150. The van der Waals surface area contributed by atoms with Crippen LogP contribution in [0.3, 0.4) is 0 Å². The third-order valence-electron chi connectivity index (χ3n) is 5.87. The topological polar surface area (TPSA) is 26.3 Å². The number of hydrogen-bond acceptors (Lipinski definition) is 2. The number of ether oxygens (including phenoxy) is 1. The van der Waals surface area contributed by atoms with Crippen molar-refractivity contribution in [3.8, 4) is 0 Å². The highest BCUT2D eigenvalue weighted by molar-refractivity contribution is 5.83. The lowest BCUT2D eigenvalue weighted by Crippen LogP contribution is -2.43. The van der Waals surface area contributed by atoms with Gasteiger partial charge in [0.1, 0.15) is 6.10 Å². The van der Waals surface area contributed by atoms with E-state index in [0.717, 1.165) is 18.8 Å². The first-order valence-electron chi connectivity index (χ1n) is 9.63. The Balaban J connectivity index is 1.70. The van der Waals surface area contributed by atoms with E-state index in [1.54, 1.807) is 6.08 Å². The van der Waals surface area contributed by atoms with Gasteiger partial charge in [-0.2, -0.15) is 0 Å². The zero-order valence-corrected chi connectivity index (χ0v) is 16.0. The van der Waals surface area contributed by atoms with Gasteiger partial charge >= 0.3 is 5.97 Å². The molecule has 0 spiro atoms. The van der Waals surface area contributed by atoms with Gasteiger partial charge in [-0.25, -0.2) is 4.79 Å². The van der Waals surface area contributed by atoms with Crippen molar-refractivity contribution in [3.05, 3.63) is 79.6 Å². The first-order chi connectivity index (χ1) is 12.5. The van der Waals surface area contributed by atoms with Crippen LogP contribution < -0.4 is 0 Å². The van der Waals surface area contributed by atoms with Crippen LogP contribution in [0.25, 0.3) is 0 Å². The Bertz CT molecular complexity index is 610. The van der Waals surface area contributed by atoms with Gasteiger partial charge in [0.25, 0.3) is 0 Å². The van der Waals surface area contributed by atoms with Crippen LogP contribution in [0.5, 0.6) is 0 Å². The molecule has 26 heavy (non-hydrogen) atoms. The minimum absolute atomic E-state index is 0.0261. The van der Waals surface area contributed by atoms with E-state index >= 15 is 0 Å². The molecule has 1 aromatic carbocycles. The van der Waals surface area contributed by atoms with Gasteiger partial charge in [0, 0.05) is 17.9 Å². The lowest BCUT2D eigenvalue weighted by atomic mass is 9.64. The van der Waals surface area contributed by atoms with Gasteiger partial charge in [0.05, 0.1) is 0 Å². The predicted octanol–water partition coefficient (Wildman–Crippen LogP) is 5.27. The van der Waals surface area contributed by atoms with Crippen LogP contribution in [0, 0.1) is 43.4 Å². The fourth-order valence-corrected chi connectivity index (χ4v) is 4.22. The molecule has 0 amide bonds. The van der Waals surface area contributed by atoms with Crippen LogP contribution in [-0.2, 0) is 14.9 Å². The molecule has 3 rings (SSSR count). The molecule has 0 heterocycles. The summed E-state index contributed by atoms with van der Waals surface area (Å²) in [7, 11) is 0. The number of carbonyl (C=O) groups excluding carboxylic acids is 1. The molecule has 0 N–H and O–H groups in total. The quantitative estimate of drug-likeness (QED) is 0.534. The Hall–Kier alpha value is -1.57. The van der Waals surface area contributed by atoms with E-state index in [0.29, 0.717) is 11.8 Å². The van der Waals surface area contributed by atoms with E-state index in [1.165, 1.54) is 12.0 Å². The number of carbonyl (C=O) groups is 1. The largest absolute Gasteiger partial charge is 0.459 e. The van der Waals surface area contributed by atoms with Crippen molar-refractivity contribution >= 4 is 5.97 Å². The van der Waals surface area contributed by atoms with E-state index in [9.17, 15) is 4.79 Å². The van der Waals surface area contributed by atoms with Crippen molar-refractivity contribution in [2.75, 3.05) is 0 Å². The molecule has 0 unspecified atom stereocenters. The highest BCUT2D eigenvalue weighted by Gasteiger charge is 2.41. The Morgan fingerprint density at radius 3 is 2.50 bits per heavy atom. The molecule has 0 saturated heterocycles. The van der Waals surface area contributed by atoms with Crippen LogP contribution in [0.4, 0.5) is 0 Å². The van der Waals surface area contributed by atoms with E-state index in [4.69, 9.17) is 4.74 Å². The standard InChI is InChI=1S/C24H29O2/c1-18-13-15-21(24(2,3)20-11-5-4-6-12-20)22(17-18)26-23(25)16-14-19-9-7-8-10-19/h4-12,14,16,18,21-22H,13,15,17H2,1-3H3/b16-14+/t18-,21-,22-/m1/s1. The van der Waals surface area contributed by atoms with Gasteiger partial charge in [-0.3, -0.25) is 0 Å². The number of hydrogen-bond donors (Lipinski definition) is 0. The fraction of sp³-hybridized carbons (Fsp3) is 0.417. The average Bonchev–Trinajstić information content (AvgIpc) is 3.14. The minimum atomic E-state index is -0.237. The van der Waals surface area contributed by atoms with Crippen molar-refractivity contribution in [1.82, 2.24) is 0 Å². The Morgan fingerprint density at radius 2 is 1.81 bits per heavy atom. The Labute approximate surface area is 159 Å². The molecule has 1 aromatic rings. The van der Waals surface area contributed by atoms with Crippen LogP contribution in [0.1, 0.15) is 45.6 Å². The molecule has 2 heteroatoms.